The maximum Gasteiger partial charge on any atom is 0.249 e. The fraction of sp³-hybridized carbons (Fsp3) is 0.360. The number of unbranched alkanes of at least 4 members (excludes halogenated alkanes) is 4. The van der Waals surface area contributed by atoms with Crippen LogP contribution in [0.25, 0.3) is 10.6 Å². The lowest BCUT2D eigenvalue weighted by atomic mass is 10.0. The average Bonchev–Trinajstić information content (AvgIpc) is 3.28. The lowest BCUT2D eigenvalue weighted by molar-refractivity contribution is -0.126. The SMILES string of the molecule is CCCCCCCC(=O)NC(Cc1ccccc1)C(=O)Nc1nnc(-c2ccccc2)s1. The number of rotatable bonds is 12. The number of nitrogens with one attached hydrogen (secondary N) is 2. The first-order chi connectivity index (χ1) is 15.7. The largest absolute Gasteiger partial charge is 0.344 e. The Balaban J connectivity index is 1.62. The topological polar surface area (TPSA) is 84.0 Å². The van der Waals surface area contributed by atoms with Gasteiger partial charge in [-0.15, -0.1) is 10.2 Å². The Hall–Kier alpha value is -3.06. The van der Waals surface area contributed by atoms with E-state index in [1.165, 1.54) is 24.2 Å². The smallest absolute Gasteiger partial charge is 0.249 e. The van der Waals surface area contributed by atoms with Crippen molar-refractivity contribution in [1.29, 1.82) is 0 Å². The summed E-state index contributed by atoms with van der Waals surface area (Å²) < 4.78 is 0. The van der Waals surface area contributed by atoms with Gasteiger partial charge in [-0.05, 0) is 12.0 Å². The minimum Gasteiger partial charge on any atom is -0.344 e. The van der Waals surface area contributed by atoms with Gasteiger partial charge < -0.3 is 5.32 Å². The molecule has 0 bridgehead atoms. The monoisotopic (exact) mass is 450 g/mol. The zero-order chi connectivity index (χ0) is 22.6. The van der Waals surface area contributed by atoms with Gasteiger partial charge in [-0.25, -0.2) is 0 Å². The number of anilines is 1. The summed E-state index contributed by atoms with van der Waals surface area (Å²) in [5.41, 5.74) is 1.93. The Morgan fingerprint density at radius 1 is 0.906 bits per heavy atom. The molecule has 7 heteroatoms. The van der Waals surface area contributed by atoms with Crippen LogP contribution in [0.1, 0.15) is 51.0 Å². The van der Waals surface area contributed by atoms with Gasteiger partial charge >= 0.3 is 0 Å². The third-order valence-electron chi connectivity index (χ3n) is 5.12. The van der Waals surface area contributed by atoms with Gasteiger partial charge in [-0.2, -0.15) is 0 Å². The first kappa shape index (κ1) is 23.6. The quantitative estimate of drug-likeness (QED) is 0.370. The molecule has 1 heterocycles. The van der Waals surface area contributed by atoms with Crippen LogP contribution < -0.4 is 10.6 Å². The molecule has 2 N–H and O–H groups in total. The second-order valence-electron chi connectivity index (χ2n) is 7.74. The number of amides is 2. The van der Waals surface area contributed by atoms with Gasteiger partial charge in [0.15, 0.2) is 0 Å². The summed E-state index contributed by atoms with van der Waals surface area (Å²) in [5, 5.41) is 15.2. The zero-order valence-electron chi connectivity index (χ0n) is 18.4. The van der Waals surface area contributed by atoms with Crippen molar-refractivity contribution in [3.05, 3.63) is 66.2 Å². The standard InChI is InChI=1S/C25H30N4O2S/c1-2-3-4-5-12-17-22(30)26-21(18-19-13-8-6-9-14-19)23(31)27-25-29-28-24(32-25)20-15-10-7-11-16-20/h6-11,13-16,21H,2-5,12,17-18H2,1H3,(H,26,30)(H,27,29,31). The molecule has 0 aliphatic carbocycles. The van der Waals surface area contributed by atoms with E-state index in [4.69, 9.17) is 0 Å². The predicted octanol–water partition coefficient (Wildman–Crippen LogP) is 5.23. The molecule has 168 valence electrons. The number of nitrogens with zero attached hydrogens (tertiary/aromatic N) is 2. The minimum absolute atomic E-state index is 0.0974. The number of aromatic nitrogens is 2. The van der Waals surface area contributed by atoms with E-state index in [0.717, 1.165) is 35.4 Å². The van der Waals surface area contributed by atoms with Gasteiger partial charge in [0, 0.05) is 18.4 Å². The maximum atomic E-state index is 13.0. The Kier molecular flexibility index (Phi) is 9.37. The lowest BCUT2D eigenvalue weighted by Crippen LogP contribution is -2.45. The summed E-state index contributed by atoms with van der Waals surface area (Å²) in [6.07, 6.45) is 6.21. The first-order valence-corrected chi connectivity index (χ1v) is 12.0. The second kappa shape index (κ2) is 12.7. The van der Waals surface area contributed by atoms with E-state index in [1.807, 2.05) is 60.7 Å². The highest BCUT2D eigenvalue weighted by atomic mass is 32.1. The van der Waals surface area contributed by atoms with E-state index in [0.29, 0.717) is 18.0 Å². The van der Waals surface area contributed by atoms with E-state index in [9.17, 15) is 9.59 Å². The molecule has 0 aliphatic heterocycles. The average molecular weight is 451 g/mol. The van der Waals surface area contributed by atoms with Crippen molar-refractivity contribution in [2.45, 2.75) is 57.9 Å². The molecule has 3 aromatic rings. The number of hydrogen-bond donors (Lipinski definition) is 2. The third-order valence-corrected chi connectivity index (χ3v) is 6.01. The Labute approximate surface area is 193 Å². The molecule has 6 nitrogen and oxygen atoms in total. The molecular weight excluding hydrogens is 420 g/mol. The van der Waals surface area contributed by atoms with Gasteiger partial charge in [-0.3, -0.25) is 14.9 Å². The van der Waals surface area contributed by atoms with Crippen molar-refractivity contribution in [1.82, 2.24) is 15.5 Å². The minimum atomic E-state index is -0.676. The van der Waals surface area contributed by atoms with Crippen LogP contribution in [-0.2, 0) is 16.0 Å². The highest BCUT2D eigenvalue weighted by molar-refractivity contribution is 7.18. The fourth-order valence-electron chi connectivity index (χ4n) is 3.38. The van der Waals surface area contributed by atoms with Gasteiger partial charge in [0.05, 0.1) is 0 Å². The second-order valence-corrected chi connectivity index (χ2v) is 8.72. The van der Waals surface area contributed by atoms with E-state index >= 15 is 0 Å². The zero-order valence-corrected chi connectivity index (χ0v) is 19.2. The molecule has 0 spiro atoms. The highest BCUT2D eigenvalue weighted by Crippen LogP contribution is 2.26. The number of carbonyl (C=O) groups excluding carboxylic acids is 2. The van der Waals surface area contributed by atoms with Crippen molar-refractivity contribution < 1.29 is 9.59 Å². The number of hydrogen-bond acceptors (Lipinski definition) is 5. The molecule has 0 fully saturated rings. The van der Waals surface area contributed by atoms with Crippen molar-refractivity contribution in [2.24, 2.45) is 0 Å². The Bertz CT molecular complexity index is 976. The maximum absolute atomic E-state index is 13.0. The van der Waals surface area contributed by atoms with Crippen LogP contribution in [0, 0.1) is 0 Å². The van der Waals surface area contributed by atoms with E-state index < -0.39 is 6.04 Å². The van der Waals surface area contributed by atoms with E-state index in [-0.39, 0.29) is 11.8 Å². The van der Waals surface area contributed by atoms with Crippen LogP contribution in [-0.4, -0.2) is 28.1 Å². The molecule has 0 radical (unpaired) electrons. The Morgan fingerprint density at radius 2 is 1.59 bits per heavy atom. The van der Waals surface area contributed by atoms with Gasteiger partial charge in [0.25, 0.3) is 0 Å². The molecule has 2 amide bonds. The van der Waals surface area contributed by atoms with Gasteiger partial charge in [-0.1, -0.05) is 105 Å². The van der Waals surface area contributed by atoms with E-state index in [1.54, 1.807) is 0 Å². The third kappa shape index (κ3) is 7.57. The summed E-state index contributed by atoms with van der Waals surface area (Å²) in [6.45, 7) is 2.17. The molecule has 0 saturated carbocycles. The molecule has 2 aromatic carbocycles. The van der Waals surface area contributed by atoms with Gasteiger partial charge in [0.2, 0.25) is 16.9 Å². The summed E-state index contributed by atoms with van der Waals surface area (Å²) in [4.78, 5) is 25.5. The number of benzene rings is 2. The van der Waals surface area contributed by atoms with Crippen LogP contribution in [0.15, 0.2) is 60.7 Å². The Morgan fingerprint density at radius 3 is 2.31 bits per heavy atom. The van der Waals surface area contributed by atoms with Crippen molar-refractivity contribution in [3.8, 4) is 10.6 Å². The predicted molar refractivity (Wildman–Crippen MR) is 129 cm³/mol. The highest BCUT2D eigenvalue weighted by Gasteiger charge is 2.22. The lowest BCUT2D eigenvalue weighted by Gasteiger charge is -2.18. The molecule has 0 saturated heterocycles. The van der Waals surface area contributed by atoms with Crippen LogP contribution >= 0.6 is 11.3 Å². The molecule has 32 heavy (non-hydrogen) atoms. The van der Waals surface area contributed by atoms with Crippen molar-refractivity contribution in [3.63, 3.8) is 0 Å². The normalized spacial score (nSPS) is 11.7. The van der Waals surface area contributed by atoms with E-state index in [2.05, 4.69) is 27.8 Å². The summed E-state index contributed by atoms with van der Waals surface area (Å²) in [7, 11) is 0. The van der Waals surface area contributed by atoms with Crippen LogP contribution in [0.5, 0.6) is 0 Å². The molecule has 1 unspecified atom stereocenters. The van der Waals surface area contributed by atoms with Gasteiger partial charge in [0.1, 0.15) is 11.0 Å². The molecular formula is C25H30N4O2S. The molecule has 0 aliphatic rings. The van der Waals surface area contributed by atoms with Crippen LogP contribution in [0.4, 0.5) is 5.13 Å². The van der Waals surface area contributed by atoms with Crippen molar-refractivity contribution in [2.75, 3.05) is 5.32 Å². The molecule has 1 aromatic heterocycles. The van der Waals surface area contributed by atoms with Crippen LogP contribution in [0.3, 0.4) is 0 Å². The van der Waals surface area contributed by atoms with Crippen molar-refractivity contribution >= 4 is 28.3 Å². The molecule has 3 rings (SSSR count). The summed E-state index contributed by atoms with van der Waals surface area (Å²) >= 11 is 1.31. The summed E-state index contributed by atoms with van der Waals surface area (Å²) in [5.74, 6) is -0.385. The molecule has 1 atom stereocenters. The van der Waals surface area contributed by atoms with Crippen LogP contribution in [0.2, 0.25) is 0 Å². The fourth-order valence-corrected chi connectivity index (χ4v) is 4.13. The first-order valence-electron chi connectivity index (χ1n) is 11.2. The summed E-state index contributed by atoms with van der Waals surface area (Å²) in [6, 6.07) is 18.7. The number of carbonyl (C=O) groups is 2.